The highest BCUT2D eigenvalue weighted by molar-refractivity contribution is 5.92. The normalized spacial score (nSPS) is 10.2. The number of nitro groups is 2. The Labute approximate surface area is 138 Å². The minimum atomic E-state index is -1.13. The van der Waals surface area contributed by atoms with Gasteiger partial charge in [0.25, 0.3) is 5.91 Å². The van der Waals surface area contributed by atoms with Crippen molar-refractivity contribution < 1.29 is 28.2 Å². The molecule has 0 spiro atoms. The van der Waals surface area contributed by atoms with Gasteiger partial charge in [0, 0.05) is 23.9 Å². The van der Waals surface area contributed by atoms with E-state index in [4.69, 9.17) is 4.74 Å². The molecular weight excluding hydrogens is 344 g/mol. The number of carbonyl (C=O) groups excluding carboxylic acids is 1. The second kappa shape index (κ2) is 7.29. The molecule has 0 fully saturated rings. The van der Waals surface area contributed by atoms with Crippen LogP contribution in [-0.2, 0) is 4.79 Å². The van der Waals surface area contributed by atoms with Crippen LogP contribution in [-0.4, -0.2) is 22.4 Å². The highest BCUT2D eigenvalue weighted by Crippen LogP contribution is 2.23. The Hall–Kier alpha value is -3.63. The molecule has 130 valence electrons. The van der Waals surface area contributed by atoms with E-state index in [-0.39, 0.29) is 11.4 Å². The van der Waals surface area contributed by atoms with Crippen LogP contribution in [0.5, 0.6) is 5.75 Å². The maximum Gasteiger partial charge on any atom is 0.306 e. The molecule has 0 aliphatic rings. The van der Waals surface area contributed by atoms with Crippen LogP contribution in [0, 0.1) is 31.9 Å². The van der Waals surface area contributed by atoms with Gasteiger partial charge in [0.1, 0.15) is 5.75 Å². The number of hydrogen-bond acceptors (Lipinski definition) is 6. The Morgan fingerprint density at radius 3 is 2.28 bits per heavy atom. The number of amides is 1. The second-order valence-electron chi connectivity index (χ2n) is 4.63. The average molecular weight is 353 g/mol. The van der Waals surface area contributed by atoms with Crippen molar-refractivity contribution in [2.75, 3.05) is 11.9 Å². The van der Waals surface area contributed by atoms with E-state index in [0.29, 0.717) is 0 Å². The van der Waals surface area contributed by atoms with E-state index in [1.54, 1.807) is 0 Å². The summed E-state index contributed by atoms with van der Waals surface area (Å²) in [5.74, 6) is -3.05. The van der Waals surface area contributed by atoms with Gasteiger partial charge in [-0.05, 0) is 18.2 Å². The molecule has 0 heterocycles. The molecule has 25 heavy (non-hydrogen) atoms. The molecule has 2 aromatic rings. The number of benzene rings is 2. The predicted molar refractivity (Wildman–Crippen MR) is 80.2 cm³/mol. The lowest BCUT2D eigenvalue weighted by atomic mass is 10.2. The molecule has 9 nitrogen and oxygen atoms in total. The maximum absolute atomic E-state index is 13.4. The summed E-state index contributed by atoms with van der Waals surface area (Å²) in [5, 5.41) is 23.4. The molecule has 0 atom stereocenters. The Morgan fingerprint density at radius 2 is 1.68 bits per heavy atom. The van der Waals surface area contributed by atoms with Crippen LogP contribution in [0.25, 0.3) is 0 Å². The molecule has 0 saturated heterocycles. The van der Waals surface area contributed by atoms with E-state index >= 15 is 0 Å². The molecule has 2 rings (SSSR count). The molecule has 2 aromatic carbocycles. The molecule has 0 aromatic heterocycles. The lowest BCUT2D eigenvalue weighted by molar-refractivity contribution is -0.387. The fourth-order valence-corrected chi connectivity index (χ4v) is 1.80. The molecule has 0 radical (unpaired) electrons. The van der Waals surface area contributed by atoms with Crippen molar-refractivity contribution in [3.8, 4) is 5.75 Å². The van der Waals surface area contributed by atoms with E-state index in [0.717, 1.165) is 36.4 Å². The Morgan fingerprint density at radius 1 is 1.00 bits per heavy atom. The zero-order chi connectivity index (χ0) is 18.6. The minimum absolute atomic E-state index is 0.0309. The van der Waals surface area contributed by atoms with Crippen molar-refractivity contribution in [3.05, 3.63) is 68.3 Å². The SMILES string of the molecule is O=C(COc1ccc([N+](=O)[O-])c(F)c1)Nc1ccc(F)c([N+](=O)[O-])c1. The Bertz CT molecular complexity index is 858. The van der Waals surface area contributed by atoms with Crippen molar-refractivity contribution in [2.45, 2.75) is 0 Å². The van der Waals surface area contributed by atoms with Gasteiger partial charge < -0.3 is 10.1 Å². The number of rotatable bonds is 6. The summed E-state index contributed by atoms with van der Waals surface area (Å²) in [6.45, 7) is -0.595. The first-order valence-corrected chi connectivity index (χ1v) is 6.58. The summed E-state index contributed by atoms with van der Waals surface area (Å²) < 4.78 is 31.6. The summed E-state index contributed by atoms with van der Waals surface area (Å²) in [5.41, 5.74) is -1.58. The van der Waals surface area contributed by atoms with Crippen molar-refractivity contribution in [3.63, 3.8) is 0 Å². The lowest BCUT2D eigenvalue weighted by Crippen LogP contribution is -2.20. The topological polar surface area (TPSA) is 125 Å². The van der Waals surface area contributed by atoms with Crippen LogP contribution in [0.1, 0.15) is 0 Å². The summed E-state index contributed by atoms with van der Waals surface area (Å²) in [4.78, 5) is 31.0. The van der Waals surface area contributed by atoms with Crippen molar-refractivity contribution in [1.29, 1.82) is 0 Å². The smallest absolute Gasteiger partial charge is 0.306 e. The van der Waals surface area contributed by atoms with Gasteiger partial charge in [-0.25, -0.2) is 0 Å². The number of hydrogen-bond donors (Lipinski definition) is 1. The number of nitro benzene ring substituents is 2. The monoisotopic (exact) mass is 353 g/mol. The average Bonchev–Trinajstić information content (AvgIpc) is 2.54. The largest absolute Gasteiger partial charge is 0.484 e. The highest BCUT2D eigenvalue weighted by atomic mass is 19.1. The molecule has 0 aliphatic heterocycles. The first-order valence-electron chi connectivity index (χ1n) is 6.58. The first kappa shape index (κ1) is 17.7. The van der Waals surface area contributed by atoms with Crippen LogP contribution in [0.2, 0.25) is 0 Å². The van der Waals surface area contributed by atoms with Gasteiger partial charge in [0.2, 0.25) is 11.6 Å². The molecule has 0 bridgehead atoms. The quantitative estimate of drug-likeness (QED) is 0.629. The number of nitrogens with one attached hydrogen (secondary N) is 1. The number of halogens is 2. The van der Waals surface area contributed by atoms with E-state index in [1.165, 1.54) is 0 Å². The van der Waals surface area contributed by atoms with Gasteiger partial charge in [0.05, 0.1) is 9.85 Å². The number of carbonyl (C=O) groups is 1. The van der Waals surface area contributed by atoms with Crippen LogP contribution >= 0.6 is 0 Å². The summed E-state index contributed by atoms with van der Waals surface area (Å²) in [7, 11) is 0. The zero-order valence-corrected chi connectivity index (χ0v) is 12.3. The lowest BCUT2D eigenvalue weighted by Gasteiger charge is -2.08. The van der Waals surface area contributed by atoms with Crippen LogP contribution < -0.4 is 10.1 Å². The molecule has 1 amide bonds. The highest BCUT2D eigenvalue weighted by Gasteiger charge is 2.17. The predicted octanol–water partition coefficient (Wildman–Crippen LogP) is 2.80. The van der Waals surface area contributed by atoms with Crippen molar-refractivity contribution in [1.82, 2.24) is 0 Å². The first-order chi connectivity index (χ1) is 11.8. The van der Waals surface area contributed by atoms with Crippen LogP contribution in [0.15, 0.2) is 36.4 Å². The third-order valence-corrected chi connectivity index (χ3v) is 2.91. The van der Waals surface area contributed by atoms with Crippen molar-refractivity contribution in [2.24, 2.45) is 0 Å². The standard InChI is InChI=1S/C14H9F2N3O6/c15-10-3-1-8(5-13(10)19(23)24)17-14(20)7-25-9-2-4-12(18(21)22)11(16)6-9/h1-6H,7H2,(H,17,20). The minimum Gasteiger partial charge on any atom is -0.484 e. The molecular formula is C14H9F2N3O6. The maximum atomic E-state index is 13.4. The number of ether oxygens (including phenoxy) is 1. The van der Waals surface area contributed by atoms with E-state index in [2.05, 4.69) is 5.32 Å². The Kier molecular flexibility index (Phi) is 5.17. The fourth-order valence-electron chi connectivity index (χ4n) is 1.80. The fraction of sp³-hybridized carbons (Fsp3) is 0.0714. The number of anilines is 1. The molecule has 1 N–H and O–H groups in total. The molecule has 11 heteroatoms. The zero-order valence-electron chi connectivity index (χ0n) is 12.3. The third-order valence-electron chi connectivity index (χ3n) is 2.91. The van der Waals surface area contributed by atoms with E-state index in [1.807, 2.05) is 0 Å². The van der Waals surface area contributed by atoms with E-state index < -0.39 is 45.4 Å². The summed E-state index contributed by atoms with van der Waals surface area (Å²) >= 11 is 0. The molecule has 0 aliphatic carbocycles. The van der Waals surface area contributed by atoms with Gasteiger partial charge in [-0.2, -0.15) is 8.78 Å². The third kappa shape index (κ3) is 4.43. The molecule has 0 unspecified atom stereocenters. The van der Waals surface area contributed by atoms with Crippen LogP contribution in [0.3, 0.4) is 0 Å². The van der Waals surface area contributed by atoms with E-state index in [9.17, 15) is 33.8 Å². The van der Waals surface area contributed by atoms with Gasteiger partial charge in [-0.3, -0.25) is 25.0 Å². The second-order valence-corrected chi connectivity index (χ2v) is 4.63. The summed E-state index contributed by atoms with van der Waals surface area (Å²) in [6.07, 6.45) is 0. The van der Waals surface area contributed by atoms with Gasteiger partial charge >= 0.3 is 11.4 Å². The van der Waals surface area contributed by atoms with Crippen molar-refractivity contribution >= 4 is 23.0 Å². The van der Waals surface area contributed by atoms with Gasteiger partial charge in [0.15, 0.2) is 6.61 Å². The van der Waals surface area contributed by atoms with Gasteiger partial charge in [-0.1, -0.05) is 0 Å². The van der Waals surface area contributed by atoms with Crippen LogP contribution in [0.4, 0.5) is 25.8 Å². The molecule has 0 saturated carbocycles. The Balaban J connectivity index is 1.99. The van der Waals surface area contributed by atoms with Gasteiger partial charge in [-0.15, -0.1) is 0 Å². The summed E-state index contributed by atoms with van der Waals surface area (Å²) in [6, 6.07) is 5.50. The number of nitrogens with zero attached hydrogens (tertiary/aromatic N) is 2.